The Morgan fingerprint density at radius 2 is 2.05 bits per heavy atom. The number of thiazole rings is 1. The highest BCUT2D eigenvalue weighted by Gasteiger charge is 2.04. The van der Waals surface area contributed by atoms with Gasteiger partial charge in [0.25, 0.3) is 0 Å². The molecule has 0 radical (unpaired) electrons. The summed E-state index contributed by atoms with van der Waals surface area (Å²) in [6.45, 7) is 3.36. The van der Waals surface area contributed by atoms with Crippen molar-refractivity contribution >= 4 is 35.1 Å². The maximum absolute atomic E-state index is 11.5. The Kier molecular flexibility index (Phi) is 4.29. The molecule has 0 amide bonds. The molecule has 4 nitrogen and oxygen atoms in total. The lowest BCUT2D eigenvalue weighted by Crippen LogP contribution is -2.21. The van der Waals surface area contributed by atoms with E-state index < -0.39 is 0 Å². The molecule has 0 N–H and O–H groups in total. The maximum Gasteiger partial charge on any atom is 0.230 e. The van der Waals surface area contributed by atoms with Crippen molar-refractivity contribution in [2.45, 2.75) is 13.8 Å². The minimum atomic E-state index is -0.0702. The summed E-state index contributed by atoms with van der Waals surface area (Å²) in [4.78, 5) is 12.0. The molecular weight excluding hydrogens is 282 g/mol. The topological polar surface area (TPSA) is 46.7 Å². The van der Waals surface area contributed by atoms with Gasteiger partial charge < -0.3 is 0 Å². The molecule has 6 heteroatoms. The predicted octanol–water partition coefficient (Wildman–Crippen LogP) is 3.11. The fourth-order valence-corrected chi connectivity index (χ4v) is 2.52. The Bertz CT molecular complexity index is 683. The number of hydrogen-bond acceptors (Lipinski definition) is 4. The lowest BCUT2D eigenvalue weighted by atomic mass is 10.2. The molecule has 1 aromatic carbocycles. The van der Waals surface area contributed by atoms with Gasteiger partial charge in [0.2, 0.25) is 10.7 Å². The minimum absolute atomic E-state index is 0.0702. The zero-order valence-electron chi connectivity index (χ0n) is 10.5. The van der Waals surface area contributed by atoms with Crippen LogP contribution in [0.15, 0.2) is 39.8 Å². The molecule has 0 saturated heterocycles. The molecule has 0 bridgehead atoms. The Labute approximate surface area is 119 Å². The van der Waals surface area contributed by atoms with Crippen LogP contribution in [0.25, 0.3) is 0 Å². The molecule has 0 saturated carbocycles. The van der Waals surface area contributed by atoms with E-state index in [0.29, 0.717) is 9.82 Å². The molecule has 0 fully saturated rings. The average molecular weight is 294 g/mol. The van der Waals surface area contributed by atoms with Crippen LogP contribution in [0.2, 0.25) is 5.02 Å². The van der Waals surface area contributed by atoms with Crippen LogP contribution in [0, 0.1) is 6.92 Å². The molecule has 2 rings (SSSR count). The van der Waals surface area contributed by atoms with E-state index in [0.717, 1.165) is 11.3 Å². The monoisotopic (exact) mass is 293 g/mol. The van der Waals surface area contributed by atoms with E-state index in [-0.39, 0.29) is 5.91 Å². The van der Waals surface area contributed by atoms with Crippen LogP contribution in [0.5, 0.6) is 0 Å². The zero-order chi connectivity index (χ0) is 13.8. The van der Waals surface area contributed by atoms with Crippen LogP contribution in [0.4, 0.5) is 0 Å². The van der Waals surface area contributed by atoms with Crippen LogP contribution >= 0.6 is 22.9 Å². The number of carbonyl (C=O) groups is 1. The first kappa shape index (κ1) is 13.7. The molecule has 0 spiro atoms. The number of aromatic nitrogens is 1. The average Bonchev–Trinajstić information content (AvgIpc) is 2.73. The normalized spacial score (nSPS) is 12.3. The summed E-state index contributed by atoms with van der Waals surface area (Å²) >= 11 is 7.18. The standard InChI is InChI=1S/C13H12ClN3OS/c1-9-8-19-13(17(9)10(2)18)16-15-7-11-3-5-12(14)6-4-11/h3-8H,1-2H3/b15-7+,16-13+. The second-order valence-electron chi connectivity index (χ2n) is 3.91. The third kappa shape index (κ3) is 3.39. The summed E-state index contributed by atoms with van der Waals surface area (Å²) < 4.78 is 1.53. The van der Waals surface area contributed by atoms with Crippen LogP contribution in [0.3, 0.4) is 0 Å². The van der Waals surface area contributed by atoms with Gasteiger partial charge in [-0.1, -0.05) is 23.7 Å². The summed E-state index contributed by atoms with van der Waals surface area (Å²) in [5, 5.41) is 10.6. The van der Waals surface area contributed by atoms with Crippen molar-refractivity contribution in [2.24, 2.45) is 10.2 Å². The van der Waals surface area contributed by atoms with E-state index in [1.165, 1.54) is 22.8 Å². The lowest BCUT2D eigenvalue weighted by Gasteiger charge is -1.96. The Morgan fingerprint density at radius 1 is 1.37 bits per heavy atom. The van der Waals surface area contributed by atoms with E-state index in [9.17, 15) is 4.79 Å². The van der Waals surface area contributed by atoms with Gasteiger partial charge in [0.15, 0.2) is 0 Å². The Morgan fingerprint density at radius 3 is 2.68 bits per heavy atom. The summed E-state index contributed by atoms with van der Waals surface area (Å²) in [5.41, 5.74) is 1.76. The molecule has 0 atom stereocenters. The predicted molar refractivity (Wildman–Crippen MR) is 78.0 cm³/mol. The second-order valence-corrected chi connectivity index (χ2v) is 5.18. The summed E-state index contributed by atoms with van der Waals surface area (Å²) in [6.07, 6.45) is 1.62. The maximum atomic E-state index is 11.5. The Balaban J connectivity index is 2.28. The van der Waals surface area contributed by atoms with Crippen molar-refractivity contribution in [1.82, 2.24) is 4.57 Å². The third-order valence-electron chi connectivity index (χ3n) is 2.41. The van der Waals surface area contributed by atoms with Gasteiger partial charge in [-0.15, -0.1) is 16.4 Å². The number of nitrogens with zero attached hydrogens (tertiary/aromatic N) is 3. The fraction of sp³-hybridized carbons (Fsp3) is 0.154. The van der Waals surface area contributed by atoms with Crippen molar-refractivity contribution in [3.63, 3.8) is 0 Å². The third-order valence-corrected chi connectivity index (χ3v) is 3.60. The van der Waals surface area contributed by atoms with Crippen LogP contribution in [-0.4, -0.2) is 16.7 Å². The molecule has 1 aromatic heterocycles. The van der Waals surface area contributed by atoms with Crippen LogP contribution in [0.1, 0.15) is 23.0 Å². The molecule has 0 aliphatic heterocycles. The number of carbonyl (C=O) groups excluding carboxylic acids is 1. The fourth-order valence-electron chi connectivity index (χ4n) is 1.54. The van der Waals surface area contributed by atoms with E-state index in [2.05, 4.69) is 10.2 Å². The van der Waals surface area contributed by atoms with Gasteiger partial charge in [-0.2, -0.15) is 5.10 Å². The molecule has 2 aromatic rings. The van der Waals surface area contributed by atoms with Crippen molar-refractivity contribution in [3.05, 3.63) is 50.7 Å². The van der Waals surface area contributed by atoms with Gasteiger partial charge in [-0.25, -0.2) is 0 Å². The molecule has 0 aliphatic rings. The highest BCUT2D eigenvalue weighted by atomic mass is 35.5. The zero-order valence-corrected chi connectivity index (χ0v) is 12.1. The van der Waals surface area contributed by atoms with Gasteiger partial charge in [0, 0.05) is 23.0 Å². The molecule has 19 heavy (non-hydrogen) atoms. The first-order chi connectivity index (χ1) is 9.08. The number of halogens is 1. The number of rotatable bonds is 2. The summed E-state index contributed by atoms with van der Waals surface area (Å²) in [7, 11) is 0. The molecule has 0 unspecified atom stereocenters. The second kappa shape index (κ2) is 5.95. The number of aryl methyl sites for hydroxylation is 1. The largest absolute Gasteiger partial charge is 0.274 e. The highest BCUT2D eigenvalue weighted by molar-refractivity contribution is 7.07. The Hall–Kier alpha value is -1.72. The van der Waals surface area contributed by atoms with E-state index >= 15 is 0 Å². The van der Waals surface area contributed by atoms with Gasteiger partial charge in [-0.3, -0.25) is 9.36 Å². The van der Waals surface area contributed by atoms with Crippen molar-refractivity contribution in [1.29, 1.82) is 0 Å². The molecule has 98 valence electrons. The van der Waals surface area contributed by atoms with E-state index in [1.54, 1.807) is 18.3 Å². The van der Waals surface area contributed by atoms with Crippen molar-refractivity contribution in [2.75, 3.05) is 0 Å². The summed E-state index contributed by atoms with van der Waals surface area (Å²) in [6, 6.07) is 7.27. The van der Waals surface area contributed by atoms with Crippen LogP contribution < -0.4 is 4.80 Å². The smallest absolute Gasteiger partial charge is 0.230 e. The number of benzene rings is 1. The molecule has 0 aliphatic carbocycles. The van der Waals surface area contributed by atoms with Crippen LogP contribution in [-0.2, 0) is 0 Å². The van der Waals surface area contributed by atoms with Crippen molar-refractivity contribution < 1.29 is 4.79 Å². The number of hydrogen-bond donors (Lipinski definition) is 0. The van der Waals surface area contributed by atoms with E-state index in [4.69, 9.17) is 11.6 Å². The van der Waals surface area contributed by atoms with E-state index in [1.807, 2.05) is 24.4 Å². The molecular formula is C13H12ClN3OS. The summed E-state index contributed by atoms with van der Waals surface area (Å²) in [5.74, 6) is -0.0702. The SMILES string of the molecule is CC(=O)n1c(C)cs/c1=N/N=C/c1ccc(Cl)cc1. The quantitative estimate of drug-likeness (QED) is 0.620. The molecule has 1 heterocycles. The van der Waals surface area contributed by atoms with Crippen molar-refractivity contribution in [3.8, 4) is 0 Å². The minimum Gasteiger partial charge on any atom is -0.274 e. The lowest BCUT2D eigenvalue weighted by molar-refractivity contribution is 0.0931. The first-order valence-corrected chi connectivity index (χ1v) is 6.84. The highest BCUT2D eigenvalue weighted by Crippen LogP contribution is 2.07. The van der Waals surface area contributed by atoms with Gasteiger partial charge in [0.1, 0.15) is 0 Å². The van der Waals surface area contributed by atoms with Gasteiger partial charge in [-0.05, 0) is 24.6 Å². The van der Waals surface area contributed by atoms with Gasteiger partial charge in [0.05, 0.1) is 6.21 Å². The van der Waals surface area contributed by atoms with Gasteiger partial charge >= 0.3 is 0 Å². The first-order valence-electron chi connectivity index (χ1n) is 5.58.